The number of hydrogen-bond donors (Lipinski definition) is 2. The van der Waals surface area contributed by atoms with Crippen LogP contribution >= 0.6 is 15.9 Å². The van der Waals surface area contributed by atoms with Crippen LogP contribution in [0, 0.1) is 5.92 Å². The summed E-state index contributed by atoms with van der Waals surface area (Å²) in [5.41, 5.74) is 0.575. The first kappa shape index (κ1) is 14.1. The number of carboxylic acids is 1. The molecule has 1 aliphatic heterocycles. The van der Waals surface area contributed by atoms with Gasteiger partial charge in [0.2, 0.25) is 0 Å². The van der Waals surface area contributed by atoms with Gasteiger partial charge in [-0.1, -0.05) is 0 Å². The Morgan fingerprint density at radius 3 is 2.95 bits per heavy atom. The quantitative estimate of drug-likeness (QED) is 0.891. The van der Waals surface area contributed by atoms with Gasteiger partial charge in [0.15, 0.2) is 0 Å². The van der Waals surface area contributed by atoms with Crippen LogP contribution in [0.4, 0.5) is 0 Å². The highest BCUT2D eigenvalue weighted by Crippen LogP contribution is 2.23. The van der Waals surface area contributed by atoms with E-state index < -0.39 is 5.97 Å². The number of nitrogens with zero attached hydrogens (tertiary/aromatic N) is 1. The Hall–Kier alpha value is -1.30. The summed E-state index contributed by atoms with van der Waals surface area (Å²) in [7, 11) is 0. The van der Waals surface area contributed by atoms with Crippen molar-refractivity contribution in [3.05, 3.63) is 22.4 Å². The maximum Gasteiger partial charge on any atom is 0.303 e. The molecule has 0 bridgehead atoms. The molecule has 104 valence electrons. The second-order valence-corrected chi connectivity index (χ2v) is 5.84. The van der Waals surface area contributed by atoms with Gasteiger partial charge in [-0.25, -0.2) is 0 Å². The fourth-order valence-corrected chi connectivity index (χ4v) is 2.82. The van der Waals surface area contributed by atoms with Gasteiger partial charge in [-0.05, 0) is 47.2 Å². The second kappa shape index (κ2) is 6.23. The van der Waals surface area contributed by atoms with Crippen LogP contribution in [0.2, 0.25) is 0 Å². The minimum absolute atomic E-state index is 0.00859. The zero-order chi connectivity index (χ0) is 13.8. The van der Waals surface area contributed by atoms with E-state index in [1.54, 1.807) is 12.3 Å². The van der Waals surface area contributed by atoms with E-state index in [0.29, 0.717) is 24.6 Å². The predicted octanol–water partition coefficient (Wildman–Crippen LogP) is 2.49. The van der Waals surface area contributed by atoms with Crippen molar-refractivity contribution in [1.82, 2.24) is 9.88 Å². The molecule has 1 atom stereocenters. The molecular formula is C13H17BrN2O3. The number of piperidine rings is 1. The largest absolute Gasteiger partial charge is 0.481 e. The predicted molar refractivity (Wildman–Crippen MR) is 74.0 cm³/mol. The molecule has 1 aromatic rings. The fourth-order valence-electron chi connectivity index (χ4n) is 2.47. The number of carbonyl (C=O) groups is 2. The van der Waals surface area contributed by atoms with Crippen molar-refractivity contribution >= 4 is 27.8 Å². The average molecular weight is 329 g/mol. The van der Waals surface area contributed by atoms with Gasteiger partial charge >= 0.3 is 5.97 Å². The number of halogens is 1. The summed E-state index contributed by atoms with van der Waals surface area (Å²) in [6.07, 6.45) is 4.51. The number of aromatic amines is 1. The Bertz CT molecular complexity index is 472. The third-order valence-corrected chi connectivity index (χ3v) is 3.91. The zero-order valence-electron chi connectivity index (χ0n) is 10.6. The van der Waals surface area contributed by atoms with Gasteiger partial charge in [-0.15, -0.1) is 0 Å². The number of carbonyl (C=O) groups excluding carboxylic acids is 1. The van der Waals surface area contributed by atoms with Crippen LogP contribution in [0.5, 0.6) is 0 Å². The van der Waals surface area contributed by atoms with Gasteiger partial charge < -0.3 is 15.0 Å². The lowest BCUT2D eigenvalue weighted by atomic mass is 9.93. The number of hydrogen-bond acceptors (Lipinski definition) is 2. The highest BCUT2D eigenvalue weighted by Gasteiger charge is 2.25. The standard InChI is InChI=1S/C13H17BrN2O3/c14-10-6-11(15-7-10)13(19)16-5-1-2-9(8-16)3-4-12(17)18/h6-7,9,15H,1-5,8H2,(H,17,18)/t9-/m1/s1. The van der Waals surface area contributed by atoms with Crippen molar-refractivity contribution in [2.24, 2.45) is 5.92 Å². The van der Waals surface area contributed by atoms with Gasteiger partial charge in [0.05, 0.1) is 0 Å². The van der Waals surface area contributed by atoms with Gasteiger partial charge in [0.1, 0.15) is 5.69 Å². The third kappa shape index (κ3) is 3.83. The minimum Gasteiger partial charge on any atom is -0.481 e. The summed E-state index contributed by atoms with van der Waals surface area (Å²) in [6.45, 7) is 1.40. The van der Waals surface area contributed by atoms with E-state index in [-0.39, 0.29) is 12.3 Å². The van der Waals surface area contributed by atoms with Crippen LogP contribution in [0.25, 0.3) is 0 Å². The van der Waals surface area contributed by atoms with Crippen LogP contribution in [0.1, 0.15) is 36.2 Å². The van der Waals surface area contributed by atoms with Gasteiger partial charge in [-0.2, -0.15) is 0 Å². The van der Waals surface area contributed by atoms with E-state index in [1.165, 1.54) is 0 Å². The Balaban J connectivity index is 1.93. The van der Waals surface area contributed by atoms with E-state index >= 15 is 0 Å². The molecular weight excluding hydrogens is 312 g/mol. The van der Waals surface area contributed by atoms with Crippen molar-refractivity contribution in [3.63, 3.8) is 0 Å². The SMILES string of the molecule is O=C(O)CC[C@H]1CCCN(C(=O)c2cc(Br)c[nH]2)C1. The first-order chi connectivity index (χ1) is 9.06. The van der Waals surface area contributed by atoms with E-state index in [4.69, 9.17) is 5.11 Å². The van der Waals surface area contributed by atoms with Crippen LogP contribution < -0.4 is 0 Å². The Morgan fingerprint density at radius 1 is 1.53 bits per heavy atom. The molecule has 0 aromatic carbocycles. The Morgan fingerprint density at radius 2 is 2.32 bits per heavy atom. The molecule has 19 heavy (non-hydrogen) atoms. The number of nitrogens with one attached hydrogen (secondary N) is 1. The lowest BCUT2D eigenvalue weighted by Gasteiger charge is -2.32. The first-order valence-electron chi connectivity index (χ1n) is 6.41. The summed E-state index contributed by atoms with van der Waals surface area (Å²) in [5.74, 6) is -0.477. The molecule has 2 rings (SSSR count). The summed E-state index contributed by atoms with van der Waals surface area (Å²) in [5, 5.41) is 8.71. The van der Waals surface area contributed by atoms with Crippen LogP contribution in [-0.2, 0) is 4.79 Å². The number of aliphatic carboxylic acids is 1. The Kier molecular flexibility index (Phi) is 4.63. The smallest absolute Gasteiger partial charge is 0.303 e. The number of likely N-dealkylation sites (tertiary alicyclic amines) is 1. The molecule has 1 amide bonds. The summed E-state index contributed by atoms with van der Waals surface area (Å²) < 4.78 is 0.857. The number of H-pyrrole nitrogens is 1. The van der Waals surface area contributed by atoms with Crippen molar-refractivity contribution in [1.29, 1.82) is 0 Å². The fraction of sp³-hybridized carbons (Fsp3) is 0.538. The molecule has 0 aliphatic carbocycles. The topological polar surface area (TPSA) is 73.4 Å². The molecule has 1 saturated heterocycles. The summed E-state index contributed by atoms with van der Waals surface area (Å²) in [4.78, 5) is 27.6. The number of aromatic nitrogens is 1. The summed E-state index contributed by atoms with van der Waals surface area (Å²) in [6, 6.07) is 1.77. The molecule has 6 heteroatoms. The third-order valence-electron chi connectivity index (χ3n) is 3.45. The normalized spacial score (nSPS) is 19.4. The number of rotatable bonds is 4. The van der Waals surface area contributed by atoms with E-state index in [0.717, 1.165) is 23.9 Å². The molecule has 1 aliphatic rings. The van der Waals surface area contributed by atoms with Gasteiger partial charge in [0, 0.05) is 30.2 Å². The lowest BCUT2D eigenvalue weighted by molar-refractivity contribution is -0.137. The van der Waals surface area contributed by atoms with Gasteiger partial charge in [0.25, 0.3) is 5.91 Å². The van der Waals surface area contributed by atoms with Crippen molar-refractivity contribution in [2.45, 2.75) is 25.7 Å². The van der Waals surface area contributed by atoms with Gasteiger partial charge in [-0.3, -0.25) is 9.59 Å². The molecule has 0 saturated carbocycles. The highest BCUT2D eigenvalue weighted by molar-refractivity contribution is 9.10. The van der Waals surface area contributed by atoms with E-state index in [2.05, 4.69) is 20.9 Å². The molecule has 0 unspecified atom stereocenters. The van der Waals surface area contributed by atoms with Crippen molar-refractivity contribution < 1.29 is 14.7 Å². The van der Waals surface area contributed by atoms with E-state index in [9.17, 15) is 9.59 Å². The average Bonchev–Trinajstić information content (AvgIpc) is 2.82. The molecule has 0 spiro atoms. The number of carboxylic acid groups (broad SMARTS) is 1. The van der Waals surface area contributed by atoms with Crippen molar-refractivity contribution in [2.75, 3.05) is 13.1 Å². The lowest BCUT2D eigenvalue weighted by Crippen LogP contribution is -2.40. The maximum atomic E-state index is 12.3. The molecule has 0 radical (unpaired) electrons. The van der Waals surface area contributed by atoms with Crippen LogP contribution in [-0.4, -0.2) is 40.0 Å². The van der Waals surface area contributed by atoms with Crippen molar-refractivity contribution in [3.8, 4) is 0 Å². The summed E-state index contributed by atoms with van der Waals surface area (Å²) >= 11 is 3.31. The second-order valence-electron chi connectivity index (χ2n) is 4.92. The molecule has 1 fully saturated rings. The minimum atomic E-state index is -0.767. The Labute approximate surface area is 120 Å². The van der Waals surface area contributed by atoms with E-state index in [1.807, 2.05) is 4.90 Å². The maximum absolute atomic E-state index is 12.3. The molecule has 2 heterocycles. The monoisotopic (exact) mass is 328 g/mol. The first-order valence-corrected chi connectivity index (χ1v) is 7.20. The number of amides is 1. The molecule has 1 aromatic heterocycles. The zero-order valence-corrected chi connectivity index (χ0v) is 12.1. The molecule has 2 N–H and O–H groups in total. The van der Waals surface area contributed by atoms with Crippen LogP contribution in [0.15, 0.2) is 16.7 Å². The molecule has 5 nitrogen and oxygen atoms in total. The van der Waals surface area contributed by atoms with Crippen LogP contribution in [0.3, 0.4) is 0 Å². The highest BCUT2D eigenvalue weighted by atomic mass is 79.9.